The van der Waals surface area contributed by atoms with Gasteiger partial charge in [0.25, 0.3) is 0 Å². The molecule has 3 nitrogen and oxygen atoms in total. The fourth-order valence-corrected chi connectivity index (χ4v) is 6.02. The quantitative estimate of drug-likeness (QED) is 0.485. The summed E-state index contributed by atoms with van der Waals surface area (Å²) >= 11 is 44.2. The minimum Gasteiger partial charge on any atom is -0.351 e. The Labute approximate surface area is 185 Å². The van der Waals surface area contributed by atoms with Crippen molar-refractivity contribution < 1.29 is 9.59 Å². The monoisotopic (exact) mass is 495 g/mol. The number of carbonyl (C=O) groups excluding carboxylic acids is 2. The van der Waals surface area contributed by atoms with Gasteiger partial charge in [0.2, 0.25) is 11.7 Å². The van der Waals surface area contributed by atoms with E-state index in [1.54, 1.807) is 0 Å². The van der Waals surface area contributed by atoms with E-state index in [1.807, 2.05) is 0 Å². The van der Waals surface area contributed by atoms with Gasteiger partial charge in [-0.3, -0.25) is 9.59 Å². The standard InChI is InChI=1S/C16H12Cl7NO2/c17-8-7-11(25)10(19)13(21)15(7,22)16(23,12(20)9(8)18)14(26)24-6-4-2-1-3-5-6/h6H,1-5H2,(H,24,26)/t15-,16-/m0/s1. The van der Waals surface area contributed by atoms with Crippen LogP contribution in [0.3, 0.4) is 0 Å². The summed E-state index contributed by atoms with van der Waals surface area (Å²) in [6.45, 7) is 0. The van der Waals surface area contributed by atoms with Crippen LogP contribution in [0, 0.1) is 0 Å². The van der Waals surface area contributed by atoms with Crippen molar-refractivity contribution in [1.82, 2.24) is 5.32 Å². The third kappa shape index (κ3) is 2.77. The van der Waals surface area contributed by atoms with Crippen molar-refractivity contribution in [2.24, 2.45) is 0 Å². The lowest BCUT2D eigenvalue weighted by atomic mass is 9.80. The molecule has 0 aromatic carbocycles. The highest BCUT2D eigenvalue weighted by Gasteiger charge is 2.69. The molecule has 0 unspecified atom stereocenters. The SMILES string of the molecule is O=C1C(Cl)=C(Cl)[C@@]2(Cl)C1=C(Cl)C(Cl)=C(Cl)[C@]2(Cl)C(=O)NC1CCCCC1. The van der Waals surface area contributed by atoms with E-state index in [9.17, 15) is 9.59 Å². The highest BCUT2D eigenvalue weighted by Crippen LogP contribution is 2.63. The molecule has 0 aliphatic heterocycles. The molecule has 3 rings (SSSR count). The molecule has 2 atom stereocenters. The fraction of sp³-hybridized carbons (Fsp3) is 0.500. The van der Waals surface area contributed by atoms with E-state index in [2.05, 4.69) is 5.32 Å². The predicted octanol–water partition coefficient (Wildman–Crippen LogP) is 5.86. The van der Waals surface area contributed by atoms with Gasteiger partial charge in [-0.1, -0.05) is 88.9 Å². The van der Waals surface area contributed by atoms with Gasteiger partial charge in [0, 0.05) is 6.04 Å². The summed E-state index contributed by atoms with van der Waals surface area (Å²) in [5.74, 6) is -1.45. The number of halogens is 7. The normalized spacial score (nSPS) is 33.1. The molecular formula is C16H12Cl7NO2. The van der Waals surface area contributed by atoms with Gasteiger partial charge in [0.15, 0.2) is 4.87 Å². The van der Waals surface area contributed by atoms with Crippen molar-refractivity contribution in [3.8, 4) is 0 Å². The minimum atomic E-state index is -2.16. The highest BCUT2D eigenvalue weighted by atomic mass is 35.5. The number of carbonyl (C=O) groups is 2. The molecule has 0 radical (unpaired) electrons. The lowest BCUT2D eigenvalue weighted by Crippen LogP contribution is -2.60. The molecule has 1 saturated carbocycles. The summed E-state index contributed by atoms with van der Waals surface area (Å²) in [5.41, 5.74) is -0.251. The molecule has 0 aromatic rings. The van der Waals surface area contributed by atoms with Gasteiger partial charge in [-0.25, -0.2) is 0 Å². The Bertz CT molecular complexity index is 796. The van der Waals surface area contributed by atoms with Crippen molar-refractivity contribution in [3.63, 3.8) is 0 Å². The number of amides is 1. The van der Waals surface area contributed by atoms with E-state index in [0.717, 1.165) is 32.1 Å². The molecular weight excluding hydrogens is 486 g/mol. The summed E-state index contributed by atoms with van der Waals surface area (Å²) in [7, 11) is 0. The Kier molecular flexibility index (Phi) is 5.95. The van der Waals surface area contributed by atoms with Gasteiger partial charge in [-0.15, -0.1) is 11.6 Å². The summed E-state index contributed by atoms with van der Waals surface area (Å²) in [4.78, 5) is 21.4. The predicted molar refractivity (Wildman–Crippen MR) is 108 cm³/mol. The Hall–Kier alpha value is 0.390. The first kappa shape index (κ1) is 21.1. The number of hydrogen-bond donors (Lipinski definition) is 1. The number of fused-ring (bicyclic) bond motifs is 1. The van der Waals surface area contributed by atoms with Crippen LogP contribution < -0.4 is 5.32 Å². The van der Waals surface area contributed by atoms with Gasteiger partial charge >= 0.3 is 0 Å². The van der Waals surface area contributed by atoms with E-state index in [4.69, 9.17) is 81.2 Å². The zero-order valence-corrected chi connectivity index (χ0v) is 18.4. The number of nitrogens with one attached hydrogen (secondary N) is 1. The van der Waals surface area contributed by atoms with E-state index in [1.165, 1.54) is 0 Å². The molecule has 26 heavy (non-hydrogen) atoms. The van der Waals surface area contributed by atoms with Crippen molar-refractivity contribution in [1.29, 1.82) is 0 Å². The number of alkyl halides is 2. The minimum absolute atomic E-state index is 0.0875. The van der Waals surface area contributed by atoms with Crippen LogP contribution in [0.1, 0.15) is 32.1 Å². The van der Waals surface area contributed by atoms with Crippen LogP contribution in [0.25, 0.3) is 0 Å². The number of rotatable bonds is 2. The van der Waals surface area contributed by atoms with Gasteiger partial charge in [-0.2, -0.15) is 0 Å². The number of hydrogen-bond acceptors (Lipinski definition) is 2. The first-order valence-electron chi connectivity index (χ1n) is 7.84. The Morgan fingerprint density at radius 3 is 2.04 bits per heavy atom. The largest absolute Gasteiger partial charge is 0.351 e. The second-order valence-corrected chi connectivity index (χ2v) is 9.42. The number of allylic oxidation sites excluding steroid dienone is 5. The molecule has 3 aliphatic carbocycles. The molecule has 0 aromatic heterocycles. The topological polar surface area (TPSA) is 46.2 Å². The van der Waals surface area contributed by atoms with Crippen LogP contribution in [0.2, 0.25) is 0 Å². The average Bonchev–Trinajstić information content (AvgIpc) is 2.80. The van der Waals surface area contributed by atoms with Gasteiger partial charge in [0.1, 0.15) is 9.91 Å². The smallest absolute Gasteiger partial charge is 0.249 e. The molecule has 0 spiro atoms. The summed E-state index contributed by atoms with van der Waals surface area (Å²) < 4.78 is 0. The van der Waals surface area contributed by atoms with E-state index >= 15 is 0 Å². The van der Waals surface area contributed by atoms with Crippen molar-refractivity contribution in [2.45, 2.75) is 47.9 Å². The molecule has 142 valence electrons. The van der Waals surface area contributed by atoms with Crippen molar-refractivity contribution in [3.05, 3.63) is 30.7 Å². The first-order chi connectivity index (χ1) is 12.1. The zero-order chi connectivity index (χ0) is 19.4. The molecule has 1 fully saturated rings. The molecule has 1 amide bonds. The molecule has 10 heteroatoms. The summed E-state index contributed by atoms with van der Waals surface area (Å²) in [5, 5.41) is 1.39. The van der Waals surface area contributed by atoms with Crippen LogP contribution in [0.15, 0.2) is 30.7 Å². The maximum Gasteiger partial charge on any atom is 0.249 e. The third-order valence-electron chi connectivity index (χ3n) is 4.90. The number of ketones is 1. The molecule has 0 saturated heterocycles. The maximum absolute atomic E-state index is 13.2. The average molecular weight is 498 g/mol. The van der Waals surface area contributed by atoms with Crippen LogP contribution in [-0.2, 0) is 9.59 Å². The highest BCUT2D eigenvalue weighted by molar-refractivity contribution is 6.66. The lowest BCUT2D eigenvalue weighted by molar-refractivity contribution is -0.124. The van der Waals surface area contributed by atoms with Crippen LogP contribution in [0.4, 0.5) is 0 Å². The molecule has 0 heterocycles. The van der Waals surface area contributed by atoms with E-state index in [-0.39, 0.29) is 36.8 Å². The number of Topliss-reactive ketones (excluding diaryl/α,β-unsaturated/α-hetero) is 1. The van der Waals surface area contributed by atoms with Crippen LogP contribution in [-0.4, -0.2) is 27.5 Å². The second kappa shape index (κ2) is 7.33. The van der Waals surface area contributed by atoms with Gasteiger partial charge in [-0.05, 0) is 12.8 Å². The fourth-order valence-electron chi connectivity index (χ4n) is 3.50. The first-order valence-corrected chi connectivity index (χ1v) is 10.5. The molecule has 3 aliphatic rings. The Morgan fingerprint density at radius 2 is 1.46 bits per heavy atom. The molecule has 0 bridgehead atoms. The van der Waals surface area contributed by atoms with E-state index < -0.39 is 21.4 Å². The zero-order valence-electron chi connectivity index (χ0n) is 13.1. The second-order valence-electron chi connectivity index (χ2n) is 6.40. The Balaban J connectivity index is 2.12. The van der Waals surface area contributed by atoms with Gasteiger partial charge in [0.05, 0.1) is 25.7 Å². The molecule has 1 N–H and O–H groups in total. The lowest BCUT2D eigenvalue weighted by Gasteiger charge is -2.43. The van der Waals surface area contributed by atoms with Crippen LogP contribution in [0.5, 0.6) is 0 Å². The Morgan fingerprint density at radius 1 is 0.885 bits per heavy atom. The van der Waals surface area contributed by atoms with Gasteiger partial charge < -0.3 is 5.32 Å². The van der Waals surface area contributed by atoms with Crippen molar-refractivity contribution in [2.75, 3.05) is 0 Å². The summed E-state index contributed by atoms with van der Waals surface area (Å²) in [6, 6.07) is -0.0875. The van der Waals surface area contributed by atoms with E-state index in [0.29, 0.717) is 0 Å². The van der Waals surface area contributed by atoms with Crippen molar-refractivity contribution >= 4 is 92.9 Å². The maximum atomic E-state index is 13.2. The third-order valence-corrected chi connectivity index (χ3v) is 8.85. The van der Waals surface area contributed by atoms with Crippen LogP contribution >= 0.6 is 81.2 Å². The summed E-state index contributed by atoms with van der Waals surface area (Å²) in [6.07, 6.45) is 4.67.